The fourth-order valence-electron chi connectivity index (χ4n) is 2.00. The van der Waals surface area contributed by atoms with Crippen LogP contribution in [0.25, 0.3) is 5.69 Å². The lowest BCUT2D eigenvalue weighted by Crippen LogP contribution is -2.27. The van der Waals surface area contributed by atoms with Gasteiger partial charge in [0.05, 0.1) is 17.9 Å². The molecule has 6 nitrogen and oxygen atoms in total. The molecule has 0 bridgehead atoms. The van der Waals surface area contributed by atoms with Crippen LogP contribution >= 0.6 is 0 Å². The van der Waals surface area contributed by atoms with Crippen LogP contribution in [0.3, 0.4) is 0 Å². The Hall–Kier alpha value is -2.89. The van der Waals surface area contributed by atoms with Gasteiger partial charge in [0.25, 0.3) is 5.91 Å². The molecule has 6 heteroatoms. The quantitative estimate of drug-likeness (QED) is 0.769. The number of benzene rings is 1. The molecule has 2 N–H and O–H groups in total. The highest BCUT2D eigenvalue weighted by Gasteiger charge is 2.15. The van der Waals surface area contributed by atoms with Crippen LogP contribution in [0.4, 0.5) is 0 Å². The minimum Gasteiger partial charge on any atom is -0.357 e. The van der Waals surface area contributed by atoms with Crippen molar-refractivity contribution in [2.75, 3.05) is 0 Å². The minimum atomic E-state index is -0.224. The van der Waals surface area contributed by atoms with Gasteiger partial charge >= 0.3 is 0 Å². The molecule has 2 heterocycles. The molecule has 0 unspecified atom stereocenters. The monoisotopic (exact) mass is 281 g/mol. The molecule has 2 aromatic heterocycles. The molecule has 1 atom stereocenters. The van der Waals surface area contributed by atoms with E-state index in [1.165, 1.54) is 0 Å². The molecule has 0 saturated heterocycles. The Labute approximate surface area is 121 Å². The Kier molecular flexibility index (Phi) is 3.51. The Morgan fingerprint density at radius 2 is 2.05 bits per heavy atom. The number of carbonyl (C=O) groups is 1. The fourth-order valence-corrected chi connectivity index (χ4v) is 2.00. The van der Waals surface area contributed by atoms with E-state index in [1.54, 1.807) is 23.0 Å². The summed E-state index contributed by atoms with van der Waals surface area (Å²) in [6.07, 6.45) is 3.53. The predicted octanol–water partition coefficient (Wildman–Crippen LogP) is 2.09. The summed E-state index contributed by atoms with van der Waals surface area (Å²) in [7, 11) is 0. The molecular formula is C15H15N5O. The molecule has 0 aliphatic carbocycles. The molecule has 3 aromatic rings. The second-order valence-electron chi connectivity index (χ2n) is 4.70. The standard InChI is InChI=1S/C15H15N5O/c1-11(17-15(21)13-8-5-9-16-13)14-10-20(19-18-14)12-6-3-2-4-7-12/h2-11,16H,1H3,(H,17,21)/t11-/m0/s1. The van der Waals surface area contributed by atoms with Crippen LogP contribution in [0.5, 0.6) is 0 Å². The smallest absolute Gasteiger partial charge is 0.268 e. The van der Waals surface area contributed by atoms with Gasteiger partial charge in [0.1, 0.15) is 11.4 Å². The molecule has 1 aromatic carbocycles. The van der Waals surface area contributed by atoms with Gasteiger partial charge in [-0.05, 0) is 31.2 Å². The lowest BCUT2D eigenvalue weighted by atomic mass is 10.2. The summed E-state index contributed by atoms with van der Waals surface area (Å²) in [6, 6.07) is 13.0. The van der Waals surface area contributed by atoms with E-state index in [0.717, 1.165) is 5.69 Å². The number of nitrogens with one attached hydrogen (secondary N) is 2. The molecular weight excluding hydrogens is 266 g/mol. The third-order valence-corrected chi connectivity index (χ3v) is 3.17. The number of carbonyl (C=O) groups excluding carboxylic acids is 1. The summed E-state index contributed by atoms with van der Waals surface area (Å²) in [5, 5.41) is 11.1. The van der Waals surface area contributed by atoms with Crippen LogP contribution in [0.1, 0.15) is 29.1 Å². The Morgan fingerprint density at radius 1 is 1.24 bits per heavy atom. The lowest BCUT2D eigenvalue weighted by Gasteiger charge is -2.09. The molecule has 0 spiro atoms. The van der Waals surface area contributed by atoms with Crippen LogP contribution in [0.15, 0.2) is 54.9 Å². The third kappa shape index (κ3) is 2.84. The first-order valence-corrected chi connectivity index (χ1v) is 6.66. The van der Waals surface area contributed by atoms with Crippen molar-refractivity contribution in [3.63, 3.8) is 0 Å². The average Bonchev–Trinajstić information content (AvgIpc) is 3.20. The van der Waals surface area contributed by atoms with Gasteiger partial charge in [-0.25, -0.2) is 4.68 Å². The fraction of sp³-hybridized carbons (Fsp3) is 0.133. The number of nitrogens with zero attached hydrogens (tertiary/aromatic N) is 3. The molecule has 0 aliphatic heterocycles. The summed E-state index contributed by atoms with van der Waals surface area (Å²) in [6.45, 7) is 1.88. The Balaban J connectivity index is 1.73. The number of rotatable bonds is 4. The van der Waals surface area contributed by atoms with E-state index in [1.807, 2.05) is 43.5 Å². The molecule has 3 rings (SSSR count). The highest BCUT2D eigenvalue weighted by molar-refractivity contribution is 5.92. The molecule has 21 heavy (non-hydrogen) atoms. The minimum absolute atomic E-state index is 0.165. The van der Waals surface area contributed by atoms with Gasteiger partial charge in [-0.1, -0.05) is 23.4 Å². The first-order chi connectivity index (χ1) is 10.2. The highest BCUT2D eigenvalue weighted by atomic mass is 16.1. The van der Waals surface area contributed by atoms with E-state index in [2.05, 4.69) is 20.6 Å². The maximum absolute atomic E-state index is 12.0. The number of aromatic amines is 1. The normalized spacial score (nSPS) is 12.0. The van der Waals surface area contributed by atoms with Gasteiger partial charge in [-0.2, -0.15) is 0 Å². The summed E-state index contributed by atoms with van der Waals surface area (Å²) >= 11 is 0. The number of H-pyrrole nitrogens is 1. The van der Waals surface area contributed by atoms with Crippen LogP contribution in [0.2, 0.25) is 0 Å². The SMILES string of the molecule is C[C@H](NC(=O)c1ccc[nH]1)c1cn(-c2ccccc2)nn1. The van der Waals surface area contributed by atoms with Gasteiger partial charge in [0, 0.05) is 6.20 Å². The van der Waals surface area contributed by atoms with E-state index >= 15 is 0 Å². The van der Waals surface area contributed by atoms with Gasteiger partial charge < -0.3 is 10.3 Å². The third-order valence-electron chi connectivity index (χ3n) is 3.17. The zero-order chi connectivity index (χ0) is 14.7. The van der Waals surface area contributed by atoms with Crippen LogP contribution in [-0.4, -0.2) is 25.9 Å². The molecule has 0 saturated carbocycles. The van der Waals surface area contributed by atoms with E-state index in [-0.39, 0.29) is 11.9 Å². The van der Waals surface area contributed by atoms with Crippen molar-refractivity contribution in [2.45, 2.75) is 13.0 Å². The van der Waals surface area contributed by atoms with Crippen LogP contribution in [0, 0.1) is 0 Å². The van der Waals surface area contributed by atoms with Crippen molar-refractivity contribution in [2.24, 2.45) is 0 Å². The highest BCUT2D eigenvalue weighted by Crippen LogP contribution is 2.12. The summed E-state index contributed by atoms with van der Waals surface area (Å²) in [5.41, 5.74) is 2.16. The van der Waals surface area contributed by atoms with Crippen molar-refractivity contribution in [1.82, 2.24) is 25.3 Å². The van der Waals surface area contributed by atoms with Gasteiger partial charge in [0.15, 0.2) is 0 Å². The first kappa shape index (κ1) is 13.1. The summed E-state index contributed by atoms with van der Waals surface area (Å²) < 4.78 is 1.69. The molecule has 1 amide bonds. The molecule has 0 aliphatic rings. The van der Waals surface area contributed by atoms with Gasteiger partial charge in [-0.3, -0.25) is 4.79 Å². The topological polar surface area (TPSA) is 75.6 Å². The van der Waals surface area contributed by atoms with Gasteiger partial charge in [-0.15, -0.1) is 5.10 Å². The van der Waals surface area contributed by atoms with Gasteiger partial charge in [0.2, 0.25) is 0 Å². The van der Waals surface area contributed by atoms with Crippen molar-refractivity contribution in [3.8, 4) is 5.69 Å². The molecule has 0 radical (unpaired) electrons. The molecule has 0 fully saturated rings. The van der Waals surface area contributed by atoms with E-state index in [4.69, 9.17) is 0 Å². The van der Waals surface area contributed by atoms with Crippen LogP contribution < -0.4 is 5.32 Å². The lowest BCUT2D eigenvalue weighted by molar-refractivity contribution is 0.0934. The second-order valence-corrected chi connectivity index (χ2v) is 4.70. The largest absolute Gasteiger partial charge is 0.357 e. The maximum atomic E-state index is 12.0. The zero-order valence-corrected chi connectivity index (χ0v) is 11.5. The summed E-state index contributed by atoms with van der Waals surface area (Å²) in [5.74, 6) is -0.165. The number of hydrogen-bond donors (Lipinski definition) is 2. The zero-order valence-electron chi connectivity index (χ0n) is 11.5. The molecule has 106 valence electrons. The number of hydrogen-bond acceptors (Lipinski definition) is 3. The number of aromatic nitrogens is 4. The Bertz CT molecular complexity index is 718. The van der Waals surface area contributed by atoms with Crippen molar-refractivity contribution in [1.29, 1.82) is 0 Å². The van der Waals surface area contributed by atoms with Crippen molar-refractivity contribution >= 4 is 5.91 Å². The number of para-hydroxylation sites is 1. The van der Waals surface area contributed by atoms with Crippen LogP contribution in [-0.2, 0) is 0 Å². The number of amides is 1. The van der Waals surface area contributed by atoms with Crippen molar-refractivity contribution < 1.29 is 4.79 Å². The van der Waals surface area contributed by atoms with E-state index < -0.39 is 0 Å². The Morgan fingerprint density at radius 3 is 2.76 bits per heavy atom. The van der Waals surface area contributed by atoms with Crippen molar-refractivity contribution in [3.05, 3.63) is 66.2 Å². The maximum Gasteiger partial charge on any atom is 0.268 e. The summed E-state index contributed by atoms with van der Waals surface area (Å²) in [4.78, 5) is 14.8. The first-order valence-electron chi connectivity index (χ1n) is 6.66. The van der Waals surface area contributed by atoms with E-state index in [9.17, 15) is 4.79 Å². The second kappa shape index (κ2) is 5.62. The predicted molar refractivity (Wildman–Crippen MR) is 78.0 cm³/mol. The average molecular weight is 281 g/mol. The van der Waals surface area contributed by atoms with E-state index in [0.29, 0.717) is 11.4 Å².